The van der Waals surface area contributed by atoms with Crippen LogP contribution in [0, 0.1) is 0 Å². The second kappa shape index (κ2) is 5.60. The van der Waals surface area contributed by atoms with Gasteiger partial charge in [0.2, 0.25) is 0 Å². The molecule has 0 aliphatic rings. The number of quaternary nitrogens is 1. The molecule has 0 aromatic heterocycles. The molecule has 0 radical (unpaired) electrons. The molecule has 0 aromatic carbocycles. The Bertz CT molecular complexity index is 11.6. The summed E-state index contributed by atoms with van der Waals surface area (Å²) in [5.74, 6) is 0. The van der Waals surface area contributed by atoms with Crippen molar-refractivity contribution in [2.24, 2.45) is 0 Å². The standard InChI is InChI=1S/C3H9N.K/c1-4(2)3;/h1-3H3;/q;+1/p+1. The molecule has 0 unspecified atom stereocenters. The molecule has 0 saturated carbocycles. The number of hydrogen-bond donors (Lipinski definition) is 1. The van der Waals surface area contributed by atoms with Crippen molar-refractivity contribution in [1.29, 1.82) is 0 Å². The topological polar surface area (TPSA) is 4.44 Å². The fourth-order valence-corrected chi connectivity index (χ4v) is 0. The molecule has 0 aliphatic carbocycles. The summed E-state index contributed by atoms with van der Waals surface area (Å²) in [7, 11) is 6.25. The summed E-state index contributed by atoms with van der Waals surface area (Å²) in [4.78, 5) is 1.42. The molecule has 0 amide bonds. The van der Waals surface area contributed by atoms with E-state index in [1.165, 1.54) is 4.90 Å². The van der Waals surface area contributed by atoms with Crippen molar-refractivity contribution >= 4 is 0 Å². The van der Waals surface area contributed by atoms with Gasteiger partial charge in [0.25, 0.3) is 0 Å². The third-order valence-electron chi connectivity index (χ3n) is 0. The predicted molar refractivity (Wildman–Crippen MR) is 18.7 cm³/mol. The van der Waals surface area contributed by atoms with Crippen molar-refractivity contribution < 1.29 is 56.3 Å². The molecule has 26 valence electrons. The van der Waals surface area contributed by atoms with E-state index in [2.05, 4.69) is 21.1 Å². The molecule has 0 atom stereocenters. The summed E-state index contributed by atoms with van der Waals surface area (Å²) < 4.78 is 0. The van der Waals surface area contributed by atoms with Crippen LogP contribution in [0.15, 0.2) is 0 Å². The van der Waals surface area contributed by atoms with Crippen LogP contribution in [0.5, 0.6) is 0 Å². The Morgan fingerprint density at radius 3 is 1.00 bits per heavy atom. The first-order valence-electron chi connectivity index (χ1n) is 1.50. The third-order valence-corrected chi connectivity index (χ3v) is 0. The smallest absolute Gasteiger partial charge is 0.342 e. The van der Waals surface area contributed by atoms with Gasteiger partial charge >= 0.3 is 51.4 Å². The summed E-state index contributed by atoms with van der Waals surface area (Å²) in [6.45, 7) is 0. The van der Waals surface area contributed by atoms with E-state index >= 15 is 0 Å². The van der Waals surface area contributed by atoms with Crippen LogP contribution in [-0.2, 0) is 0 Å². The number of rotatable bonds is 0. The van der Waals surface area contributed by atoms with Gasteiger partial charge in [0.1, 0.15) is 0 Å². The van der Waals surface area contributed by atoms with Gasteiger partial charge in [-0.2, -0.15) is 0 Å². The van der Waals surface area contributed by atoms with Crippen molar-refractivity contribution in [2.45, 2.75) is 0 Å². The SMILES string of the molecule is C[NH+](C)C.[K+]. The van der Waals surface area contributed by atoms with E-state index in [1.807, 2.05) is 0 Å². The first-order valence-corrected chi connectivity index (χ1v) is 1.50. The number of hydrogen-bond acceptors (Lipinski definition) is 0. The molecule has 0 fully saturated rings. The minimum atomic E-state index is 0. The summed E-state index contributed by atoms with van der Waals surface area (Å²) in [5.41, 5.74) is 0. The van der Waals surface area contributed by atoms with Crippen molar-refractivity contribution in [3.05, 3.63) is 0 Å². The maximum Gasteiger partial charge on any atom is 1.00 e. The van der Waals surface area contributed by atoms with Gasteiger partial charge in [-0.25, -0.2) is 0 Å². The first kappa shape index (κ1) is 9.78. The Kier molecular flexibility index (Phi) is 10.9. The van der Waals surface area contributed by atoms with E-state index in [0.29, 0.717) is 0 Å². The van der Waals surface area contributed by atoms with E-state index in [0.717, 1.165) is 0 Å². The summed E-state index contributed by atoms with van der Waals surface area (Å²) >= 11 is 0. The Balaban J connectivity index is 0. The fourth-order valence-electron chi connectivity index (χ4n) is 0. The molecule has 1 N–H and O–H groups in total. The normalized spacial score (nSPS) is 7.20. The van der Waals surface area contributed by atoms with Crippen molar-refractivity contribution in [2.75, 3.05) is 21.1 Å². The second-order valence-corrected chi connectivity index (χ2v) is 1.50. The van der Waals surface area contributed by atoms with Gasteiger partial charge in [0.05, 0.1) is 21.1 Å². The molecule has 2 heteroatoms. The minimum absolute atomic E-state index is 0. The first-order chi connectivity index (χ1) is 1.73. The number of nitrogens with one attached hydrogen (secondary N) is 1. The van der Waals surface area contributed by atoms with Gasteiger partial charge < -0.3 is 4.90 Å². The molecular formula is C3H10KN+2. The fraction of sp³-hybridized carbons (Fsp3) is 1.00. The summed E-state index contributed by atoms with van der Waals surface area (Å²) in [6.07, 6.45) is 0. The van der Waals surface area contributed by atoms with E-state index in [1.54, 1.807) is 0 Å². The van der Waals surface area contributed by atoms with Gasteiger partial charge in [-0.05, 0) is 0 Å². The predicted octanol–water partition coefficient (Wildman–Crippen LogP) is -4.24. The Hall–Kier alpha value is 1.60. The minimum Gasteiger partial charge on any atom is -0.342 e. The molecule has 0 bridgehead atoms. The Morgan fingerprint density at radius 1 is 1.00 bits per heavy atom. The average Bonchev–Trinajstić information content (AvgIpc) is 0.811. The maximum absolute atomic E-state index is 2.08. The van der Waals surface area contributed by atoms with E-state index in [-0.39, 0.29) is 51.4 Å². The zero-order valence-corrected chi connectivity index (χ0v) is 7.62. The van der Waals surface area contributed by atoms with Gasteiger partial charge in [-0.1, -0.05) is 0 Å². The maximum atomic E-state index is 2.08. The molecule has 0 aliphatic heterocycles. The van der Waals surface area contributed by atoms with Gasteiger partial charge in [-0.15, -0.1) is 0 Å². The van der Waals surface area contributed by atoms with Gasteiger partial charge in [0.15, 0.2) is 0 Å². The van der Waals surface area contributed by atoms with Crippen molar-refractivity contribution in [1.82, 2.24) is 0 Å². The summed E-state index contributed by atoms with van der Waals surface area (Å²) in [5, 5.41) is 0. The van der Waals surface area contributed by atoms with Crippen LogP contribution in [0.2, 0.25) is 0 Å². The molecule has 0 saturated heterocycles. The average molecular weight is 99.2 g/mol. The Labute approximate surface area is 76.2 Å². The van der Waals surface area contributed by atoms with Crippen LogP contribution in [0.4, 0.5) is 0 Å². The van der Waals surface area contributed by atoms with Crippen LogP contribution in [-0.4, -0.2) is 21.1 Å². The van der Waals surface area contributed by atoms with Crippen LogP contribution < -0.4 is 56.3 Å². The van der Waals surface area contributed by atoms with Crippen molar-refractivity contribution in [3.63, 3.8) is 0 Å². The summed E-state index contributed by atoms with van der Waals surface area (Å²) in [6, 6.07) is 0. The molecule has 1 nitrogen and oxygen atoms in total. The quantitative estimate of drug-likeness (QED) is 0.294. The second-order valence-electron chi connectivity index (χ2n) is 1.50. The van der Waals surface area contributed by atoms with Crippen molar-refractivity contribution in [3.8, 4) is 0 Å². The van der Waals surface area contributed by atoms with Crippen LogP contribution >= 0.6 is 0 Å². The van der Waals surface area contributed by atoms with Crippen LogP contribution in [0.25, 0.3) is 0 Å². The zero-order valence-electron chi connectivity index (χ0n) is 4.50. The molecule has 5 heavy (non-hydrogen) atoms. The largest absolute Gasteiger partial charge is 1.00 e. The van der Waals surface area contributed by atoms with Crippen LogP contribution in [0.3, 0.4) is 0 Å². The van der Waals surface area contributed by atoms with Crippen LogP contribution in [0.1, 0.15) is 0 Å². The zero-order chi connectivity index (χ0) is 3.58. The molecule has 0 rings (SSSR count). The third kappa shape index (κ3) is 28.4. The Morgan fingerprint density at radius 2 is 1.00 bits per heavy atom. The molecule has 0 aromatic rings. The van der Waals surface area contributed by atoms with E-state index < -0.39 is 0 Å². The van der Waals surface area contributed by atoms with E-state index in [9.17, 15) is 0 Å². The van der Waals surface area contributed by atoms with Gasteiger partial charge in [-0.3, -0.25) is 0 Å². The molecular weight excluding hydrogens is 89.1 g/mol. The monoisotopic (exact) mass is 99.0 g/mol. The van der Waals surface area contributed by atoms with Gasteiger partial charge in [0, 0.05) is 0 Å². The molecule has 0 spiro atoms. The van der Waals surface area contributed by atoms with E-state index in [4.69, 9.17) is 0 Å². The molecule has 0 heterocycles.